The van der Waals surface area contributed by atoms with Gasteiger partial charge >= 0.3 is 0 Å². The maximum atomic E-state index is 11.3. The fraction of sp³-hybridized carbons (Fsp3) is 0.400. The third kappa shape index (κ3) is 3.14. The number of aromatic nitrogens is 1. The average Bonchev–Trinajstić information content (AvgIpc) is 2.26. The van der Waals surface area contributed by atoms with Crippen LogP contribution in [0.15, 0.2) is 24.5 Å². The summed E-state index contributed by atoms with van der Waals surface area (Å²) in [5, 5.41) is 2.76. The Labute approximate surface area is 83.5 Å². The third-order valence-electron chi connectivity index (χ3n) is 1.99. The normalized spacial score (nSPS) is 12.1. The predicted octanol–water partition coefficient (Wildman–Crippen LogP) is 0.435. The molecule has 0 spiro atoms. The Bertz CT molecular complexity index is 287. The molecule has 4 nitrogen and oxygen atoms in total. The maximum absolute atomic E-state index is 11.3. The molecule has 0 fully saturated rings. The Balaban J connectivity index is 2.38. The fourth-order valence-electron chi connectivity index (χ4n) is 1.01. The maximum Gasteiger partial charge on any atom is 0.237 e. The molecule has 0 bridgehead atoms. The molecule has 0 aliphatic heterocycles. The van der Waals surface area contributed by atoms with Crippen LogP contribution in [0.1, 0.15) is 18.9 Å². The van der Waals surface area contributed by atoms with E-state index in [9.17, 15) is 4.79 Å². The van der Waals surface area contributed by atoms with Crippen molar-refractivity contribution in [3.63, 3.8) is 0 Å². The topological polar surface area (TPSA) is 68.0 Å². The number of hydrogen-bond acceptors (Lipinski definition) is 3. The summed E-state index contributed by atoms with van der Waals surface area (Å²) in [6, 6.07) is 3.31. The first-order chi connectivity index (χ1) is 6.74. The lowest BCUT2D eigenvalue weighted by Crippen LogP contribution is -2.39. The molecule has 4 heteroatoms. The van der Waals surface area contributed by atoms with Crippen LogP contribution in [0.2, 0.25) is 0 Å². The van der Waals surface area contributed by atoms with Gasteiger partial charge in [-0.05, 0) is 24.1 Å². The van der Waals surface area contributed by atoms with E-state index in [-0.39, 0.29) is 5.91 Å². The van der Waals surface area contributed by atoms with E-state index in [1.807, 2.05) is 19.1 Å². The molecular weight excluding hydrogens is 178 g/mol. The van der Waals surface area contributed by atoms with Crippen LogP contribution >= 0.6 is 0 Å². The van der Waals surface area contributed by atoms with E-state index in [2.05, 4.69) is 10.3 Å². The lowest BCUT2D eigenvalue weighted by atomic mass is 10.2. The second-order valence-electron chi connectivity index (χ2n) is 3.09. The monoisotopic (exact) mass is 193 g/mol. The van der Waals surface area contributed by atoms with Crippen molar-refractivity contribution in [2.45, 2.75) is 25.9 Å². The molecule has 0 radical (unpaired) electrons. The number of rotatable bonds is 4. The minimum atomic E-state index is -0.406. The Morgan fingerprint density at radius 3 is 2.79 bits per heavy atom. The SMILES string of the molecule is CC[C@H](N)C(=O)NCc1ccncc1. The average molecular weight is 193 g/mol. The highest BCUT2D eigenvalue weighted by Crippen LogP contribution is 1.95. The minimum absolute atomic E-state index is 0.107. The Hall–Kier alpha value is -1.42. The number of nitrogens with one attached hydrogen (secondary N) is 1. The van der Waals surface area contributed by atoms with Crippen molar-refractivity contribution < 1.29 is 4.79 Å². The van der Waals surface area contributed by atoms with Gasteiger partial charge in [0.1, 0.15) is 0 Å². The molecule has 0 saturated heterocycles. The van der Waals surface area contributed by atoms with Crippen molar-refractivity contribution in [1.29, 1.82) is 0 Å². The van der Waals surface area contributed by atoms with Crippen molar-refractivity contribution in [3.05, 3.63) is 30.1 Å². The van der Waals surface area contributed by atoms with E-state index in [1.165, 1.54) is 0 Å². The third-order valence-corrected chi connectivity index (χ3v) is 1.99. The quantitative estimate of drug-likeness (QED) is 0.729. The van der Waals surface area contributed by atoms with Gasteiger partial charge in [-0.3, -0.25) is 9.78 Å². The molecule has 76 valence electrons. The van der Waals surface area contributed by atoms with E-state index < -0.39 is 6.04 Å². The lowest BCUT2D eigenvalue weighted by molar-refractivity contribution is -0.122. The van der Waals surface area contributed by atoms with E-state index in [1.54, 1.807) is 12.4 Å². The first-order valence-corrected chi connectivity index (χ1v) is 4.66. The summed E-state index contributed by atoms with van der Waals surface area (Å²) in [4.78, 5) is 15.2. The van der Waals surface area contributed by atoms with Gasteiger partial charge in [-0.25, -0.2) is 0 Å². The van der Waals surface area contributed by atoms with Gasteiger partial charge in [0.2, 0.25) is 5.91 Å². The van der Waals surface area contributed by atoms with Crippen molar-refractivity contribution in [3.8, 4) is 0 Å². The number of nitrogens with two attached hydrogens (primary N) is 1. The molecule has 1 amide bonds. The largest absolute Gasteiger partial charge is 0.351 e. The summed E-state index contributed by atoms with van der Waals surface area (Å²) in [6.45, 7) is 2.39. The number of pyridine rings is 1. The molecule has 0 aliphatic rings. The van der Waals surface area contributed by atoms with E-state index in [0.717, 1.165) is 5.56 Å². The van der Waals surface area contributed by atoms with Gasteiger partial charge < -0.3 is 11.1 Å². The van der Waals surface area contributed by atoms with Crippen LogP contribution < -0.4 is 11.1 Å². The van der Waals surface area contributed by atoms with Crippen molar-refractivity contribution >= 4 is 5.91 Å². The molecular formula is C10H15N3O. The molecule has 0 aromatic carbocycles. The highest BCUT2D eigenvalue weighted by molar-refractivity contribution is 5.81. The zero-order chi connectivity index (χ0) is 10.4. The standard InChI is InChI=1S/C10H15N3O/c1-2-9(11)10(14)13-7-8-3-5-12-6-4-8/h3-6,9H,2,7,11H2,1H3,(H,13,14)/t9-/m0/s1. The number of amides is 1. The molecule has 1 heterocycles. The van der Waals surface area contributed by atoms with Crippen molar-refractivity contribution in [2.24, 2.45) is 5.73 Å². The summed E-state index contributed by atoms with van der Waals surface area (Å²) in [5.41, 5.74) is 6.58. The molecule has 0 saturated carbocycles. The first-order valence-electron chi connectivity index (χ1n) is 4.66. The molecule has 3 N–H and O–H groups in total. The number of hydrogen-bond donors (Lipinski definition) is 2. The van der Waals surface area contributed by atoms with Gasteiger partial charge in [-0.15, -0.1) is 0 Å². The molecule has 1 aromatic heterocycles. The highest BCUT2D eigenvalue weighted by Gasteiger charge is 2.09. The van der Waals surface area contributed by atoms with Crippen LogP contribution in [-0.4, -0.2) is 16.9 Å². The Kier molecular flexibility index (Phi) is 4.07. The zero-order valence-electron chi connectivity index (χ0n) is 8.23. The zero-order valence-corrected chi connectivity index (χ0v) is 8.23. The number of carbonyl (C=O) groups is 1. The van der Waals surface area contributed by atoms with Gasteiger partial charge in [0.05, 0.1) is 6.04 Å². The van der Waals surface area contributed by atoms with Crippen LogP contribution in [0.25, 0.3) is 0 Å². The molecule has 1 atom stereocenters. The van der Waals surface area contributed by atoms with E-state index >= 15 is 0 Å². The Morgan fingerprint density at radius 2 is 2.21 bits per heavy atom. The highest BCUT2D eigenvalue weighted by atomic mass is 16.2. The van der Waals surface area contributed by atoms with Gasteiger partial charge in [-0.1, -0.05) is 6.92 Å². The molecule has 1 aromatic rings. The second kappa shape index (κ2) is 5.34. The van der Waals surface area contributed by atoms with Gasteiger partial charge in [0.25, 0.3) is 0 Å². The van der Waals surface area contributed by atoms with Gasteiger partial charge in [0.15, 0.2) is 0 Å². The second-order valence-corrected chi connectivity index (χ2v) is 3.09. The number of carbonyl (C=O) groups excluding carboxylic acids is 1. The van der Waals surface area contributed by atoms with Crippen molar-refractivity contribution in [2.75, 3.05) is 0 Å². The van der Waals surface area contributed by atoms with Crippen molar-refractivity contribution in [1.82, 2.24) is 10.3 Å². The number of nitrogens with zero attached hydrogens (tertiary/aromatic N) is 1. The molecule has 14 heavy (non-hydrogen) atoms. The van der Waals surface area contributed by atoms with Crippen LogP contribution in [0.4, 0.5) is 0 Å². The summed E-state index contributed by atoms with van der Waals surface area (Å²) < 4.78 is 0. The summed E-state index contributed by atoms with van der Waals surface area (Å²) >= 11 is 0. The molecule has 0 aliphatic carbocycles. The predicted molar refractivity (Wildman–Crippen MR) is 54.4 cm³/mol. The van der Waals surface area contributed by atoms with Crippen LogP contribution in [0.5, 0.6) is 0 Å². The van der Waals surface area contributed by atoms with E-state index in [0.29, 0.717) is 13.0 Å². The van der Waals surface area contributed by atoms with Gasteiger partial charge in [0, 0.05) is 18.9 Å². The molecule has 0 unspecified atom stereocenters. The van der Waals surface area contributed by atoms with E-state index in [4.69, 9.17) is 5.73 Å². The smallest absolute Gasteiger partial charge is 0.237 e. The van der Waals surface area contributed by atoms with Crippen LogP contribution in [0.3, 0.4) is 0 Å². The minimum Gasteiger partial charge on any atom is -0.351 e. The summed E-state index contributed by atoms with van der Waals surface area (Å²) in [5.74, 6) is -0.107. The molecule has 1 rings (SSSR count). The summed E-state index contributed by atoms with van der Waals surface area (Å²) in [7, 11) is 0. The fourth-order valence-corrected chi connectivity index (χ4v) is 1.01. The van der Waals surface area contributed by atoms with Gasteiger partial charge in [-0.2, -0.15) is 0 Å². The first kappa shape index (κ1) is 10.7. The van der Waals surface area contributed by atoms with Crippen LogP contribution in [0, 0.1) is 0 Å². The van der Waals surface area contributed by atoms with Crippen LogP contribution in [-0.2, 0) is 11.3 Å². The Morgan fingerprint density at radius 1 is 1.57 bits per heavy atom. The summed E-state index contributed by atoms with van der Waals surface area (Å²) in [6.07, 6.45) is 4.05. The lowest BCUT2D eigenvalue weighted by Gasteiger charge is -2.09.